The SMILES string of the molecule is O=C(/C=C/c1ccc(F)cc1)Nc1cccc(NC(=O)C(F)(F)F)c1. The van der Waals surface area contributed by atoms with E-state index in [0.717, 1.165) is 0 Å². The molecule has 0 spiro atoms. The van der Waals surface area contributed by atoms with Crippen LogP contribution in [0.5, 0.6) is 0 Å². The van der Waals surface area contributed by atoms with Crippen LogP contribution in [0.1, 0.15) is 5.56 Å². The molecular formula is C17H12F4N2O2. The monoisotopic (exact) mass is 352 g/mol. The summed E-state index contributed by atoms with van der Waals surface area (Å²) in [5.74, 6) is -3.05. The van der Waals surface area contributed by atoms with Crippen molar-refractivity contribution in [3.05, 3.63) is 66.0 Å². The Hall–Kier alpha value is -3.16. The molecule has 0 saturated heterocycles. The Labute approximate surface area is 140 Å². The van der Waals surface area contributed by atoms with Crippen molar-refractivity contribution >= 4 is 29.3 Å². The van der Waals surface area contributed by atoms with Gasteiger partial charge in [0, 0.05) is 17.5 Å². The fourth-order valence-electron chi connectivity index (χ4n) is 1.81. The lowest BCUT2D eigenvalue weighted by Gasteiger charge is -2.09. The molecule has 0 bridgehead atoms. The van der Waals surface area contributed by atoms with Gasteiger partial charge < -0.3 is 10.6 Å². The third-order valence-electron chi connectivity index (χ3n) is 2.94. The molecule has 0 radical (unpaired) electrons. The molecule has 25 heavy (non-hydrogen) atoms. The van der Waals surface area contributed by atoms with E-state index in [1.165, 1.54) is 60.7 Å². The van der Waals surface area contributed by atoms with Crippen LogP contribution in [-0.4, -0.2) is 18.0 Å². The van der Waals surface area contributed by atoms with Crippen LogP contribution in [0.2, 0.25) is 0 Å². The average molecular weight is 352 g/mol. The van der Waals surface area contributed by atoms with Gasteiger partial charge in [-0.25, -0.2) is 4.39 Å². The largest absolute Gasteiger partial charge is 0.471 e. The molecule has 130 valence electrons. The molecule has 2 rings (SSSR count). The first-order chi connectivity index (χ1) is 11.7. The summed E-state index contributed by atoms with van der Waals surface area (Å²) in [6.45, 7) is 0. The van der Waals surface area contributed by atoms with Gasteiger partial charge in [-0.3, -0.25) is 9.59 Å². The number of alkyl halides is 3. The highest BCUT2D eigenvalue weighted by Gasteiger charge is 2.38. The number of rotatable bonds is 4. The van der Waals surface area contributed by atoms with E-state index in [9.17, 15) is 27.2 Å². The normalized spacial score (nSPS) is 11.4. The Bertz CT molecular complexity index is 799. The molecule has 8 heteroatoms. The molecular weight excluding hydrogens is 340 g/mol. The number of halogens is 4. The van der Waals surface area contributed by atoms with Crippen molar-refractivity contribution in [3.63, 3.8) is 0 Å². The van der Waals surface area contributed by atoms with E-state index in [0.29, 0.717) is 5.56 Å². The number of carbonyl (C=O) groups is 2. The summed E-state index contributed by atoms with van der Waals surface area (Å²) in [4.78, 5) is 22.7. The lowest BCUT2D eigenvalue weighted by atomic mass is 10.2. The molecule has 2 amide bonds. The lowest BCUT2D eigenvalue weighted by Crippen LogP contribution is -2.29. The fraction of sp³-hybridized carbons (Fsp3) is 0.0588. The van der Waals surface area contributed by atoms with Crippen LogP contribution >= 0.6 is 0 Å². The van der Waals surface area contributed by atoms with Crippen molar-refractivity contribution in [2.24, 2.45) is 0 Å². The van der Waals surface area contributed by atoms with Crippen LogP contribution in [-0.2, 0) is 9.59 Å². The predicted octanol–water partition coefficient (Wildman–Crippen LogP) is 3.98. The first kappa shape index (κ1) is 18.2. The van der Waals surface area contributed by atoms with Gasteiger partial charge in [0.2, 0.25) is 5.91 Å². The molecule has 0 aromatic heterocycles. The molecule has 0 unspecified atom stereocenters. The topological polar surface area (TPSA) is 58.2 Å². The van der Waals surface area contributed by atoms with Crippen molar-refractivity contribution in [2.75, 3.05) is 10.6 Å². The van der Waals surface area contributed by atoms with Gasteiger partial charge in [-0.15, -0.1) is 0 Å². The third kappa shape index (κ3) is 5.76. The summed E-state index contributed by atoms with van der Waals surface area (Å²) in [6.07, 6.45) is -2.37. The molecule has 0 aliphatic carbocycles. The van der Waals surface area contributed by atoms with E-state index < -0.39 is 23.8 Å². The van der Waals surface area contributed by atoms with Gasteiger partial charge in [0.25, 0.3) is 0 Å². The maximum Gasteiger partial charge on any atom is 0.471 e. The summed E-state index contributed by atoms with van der Waals surface area (Å²) in [5.41, 5.74) is 0.694. The standard InChI is InChI=1S/C17H12F4N2O2/c18-12-7-4-11(5-8-12)6-9-15(24)22-13-2-1-3-14(10-13)23-16(25)17(19,20)21/h1-10H,(H,22,24)(H,23,25)/b9-6+. The molecule has 0 saturated carbocycles. The molecule has 0 heterocycles. The average Bonchev–Trinajstić information content (AvgIpc) is 2.54. The van der Waals surface area contributed by atoms with Crippen LogP contribution in [0.25, 0.3) is 6.08 Å². The van der Waals surface area contributed by atoms with Gasteiger partial charge in [-0.1, -0.05) is 18.2 Å². The van der Waals surface area contributed by atoms with Crippen molar-refractivity contribution in [1.82, 2.24) is 0 Å². The maximum absolute atomic E-state index is 12.8. The minimum atomic E-state index is -5.00. The van der Waals surface area contributed by atoms with Crippen LogP contribution < -0.4 is 10.6 Å². The Morgan fingerprint density at radius 2 is 1.52 bits per heavy atom. The van der Waals surface area contributed by atoms with E-state index in [4.69, 9.17) is 0 Å². The Morgan fingerprint density at radius 3 is 2.12 bits per heavy atom. The van der Waals surface area contributed by atoms with Gasteiger partial charge in [0.1, 0.15) is 5.82 Å². The molecule has 2 aromatic carbocycles. The first-order valence-corrected chi connectivity index (χ1v) is 6.97. The van der Waals surface area contributed by atoms with Crippen molar-refractivity contribution < 1.29 is 27.2 Å². The fourth-order valence-corrected chi connectivity index (χ4v) is 1.81. The molecule has 2 aromatic rings. The number of benzene rings is 2. The highest BCUT2D eigenvalue weighted by molar-refractivity contribution is 6.02. The highest BCUT2D eigenvalue weighted by Crippen LogP contribution is 2.20. The van der Waals surface area contributed by atoms with Gasteiger partial charge in [-0.05, 0) is 42.0 Å². The number of hydrogen-bond donors (Lipinski definition) is 2. The van der Waals surface area contributed by atoms with Crippen LogP contribution in [0.15, 0.2) is 54.6 Å². The summed E-state index contributed by atoms with van der Waals surface area (Å²) < 4.78 is 49.4. The summed E-state index contributed by atoms with van der Waals surface area (Å²) in [7, 11) is 0. The minimum Gasteiger partial charge on any atom is -0.322 e. The number of anilines is 2. The van der Waals surface area contributed by atoms with Gasteiger partial charge in [0.15, 0.2) is 0 Å². The lowest BCUT2D eigenvalue weighted by molar-refractivity contribution is -0.167. The van der Waals surface area contributed by atoms with Gasteiger partial charge in [-0.2, -0.15) is 13.2 Å². The third-order valence-corrected chi connectivity index (χ3v) is 2.94. The van der Waals surface area contributed by atoms with Gasteiger partial charge in [0.05, 0.1) is 0 Å². The zero-order chi connectivity index (χ0) is 18.4. The van der Waals surface area contributed by atoms with E-state index in [1.54, 1.807) is 5.32 Å². The smallest absolute Gasteiger partial charge is 0.322 e. The molecule has 0 aliphatic rings. The van der Waals surface area contributed by atoms with E-state index in [2.05, 4.69) is 5.32 Å². The van der Waals surface area contributed by atoms with Crippen LogP contribution in [0.4, 0.5) is 28.9 Å². The number of hydrogen-bond acceptors (Lipinski definition) is 2. The molecule has 0 aliphatic heterocycles. The quantitative estimate of drug-likeness (QED) is 0.646. The second-order valence-corrected chi connectivity index (χ2v) is 4.91. The van der Waals surface area contributed by atoms with Crippen molar-refractivity contribution in [3.8, 4) is 0 Å². The summed E-state index contributed by atoms with van der Waals surface area (Å²) >= 11 is 0. The first-order valence-electron chi connectivity index (χ1n) is 6.97. The molecule has 4 nitrogen and oxygen atoms in total. The Balaban J connectivity index is 2.00. The maximum atomic E-state index is 12.8. The van der Waals surface area contributed by atoms with E-state index >= 15 is 0 Å². The minimum absolute atomic E-state index is 0.109. The second kappa shape index (κ2) is 7.61. The summed E-state index contributed by atoms with van der Waals surface area (Å²) in [6, 6.07) is 10.7. The van der Waals surface area contributed by atoms with Crippen LogP contribution in [0, 0.1) is 5.82 Å². The number of nitrogens with one attached hydrogen (secondary N) is 2. The molecule has 0 atom stereocenters. The van der Waals surface area contributed by atoms with E-state index in [1.807, 2.05) is 0 Å². The molecule has 2 N–H and O–H groups in total. The van der Waals surface area contributed by atoms with Crippen LogP contribution in [0.3, 0.4) is 0 Å². The number of amides is 2. The Morgan fingerprint density at radius 1 is 0.920 bits per heavy atom. The summed E-state index contributed by atoms with van der Waals surface area (Å²) in [5, 5.41) is 4.13. The zero-order valence-electron chi connectivity index (χ0n) is 12.6. The molecule has 0 fully saturated rings. The van der Waals surface area contributed by atoms with Crippen molar-refractivity contribution in [1.29, 1.82) is 0 Å². The second-order valence-electron chi connectivity index (χ2n) is 4.91. The predicted molar refractivity (Wildman–Crippen MR) is 85.2 cm³/mol. The Kier molecular flexibility index (Phi) is 5.53. The zero-order valence-corrected chi connectivity index (χ0v) is 12.6. The number of carbonyl (C=O) groups excluding carboxylic acids is 2. The van der Waals surface area contributed by atoms with Crippen molar-refractivity contribution in [2.45, 2.75) is 6.18 Å². The highest BCUT2D eigenvalue weighted by atomic mass is 19.4. The van der Waals surface area contributed by atoms with Gasteiger partial charge >= 0.3 is 12.1 Å². The van der Waals surface area contributed by atoms with E-state index in [-0.39, 0.29) is 11.4 Å².